The average Bonchev–Trinajstić information content (AvgIpc) is 2.26. The van der Waals surface area contributed by atoms with Crippen molar-refractivity contribution >= 4 is 0 Å². The van der Waals surface area contributed by atoms with E-state index in [1.807, 2.05) is 30.3 Å². The van der Waals surface area contributed by atoms with Crippen molar-refractivity contribution in [2.75, 3.05) is 6.61 Å². The van der Waals surface area contributed by atoms with Crippen LogP contribution in [-0.4, -0.2) is 6.61 Å². The zero-order valence-corrected chi connectivity index (χ0v) is 8.44. The van der Waals surface area contributed by atoms with Gasteiger partial charge in [0.25, 0.3) is 0 Å². The number of nitriles is 1. The minimum absolute atomic E-state index is 0.414. The lowest BCUT2D eigenvalue weighted by molar-refractivity contribution is 0.0878. The fourth-order valence-corrected chi connectivity index (χ4v) is 1.18. The summed E-state index contributed by atoms with van der Waals surface area (Å²) in [7, 11) is 0. The molecule has 0 heterocycles. The van der Waals surface area contributed by atoms with E-state index in [4.69, 9.17) is 10.00 Å². The molecule has 0 N–H and O–H groups in total. The zero-order valence-electron chi connectivity index (χ0n) is 8.44. The van der Waals surface area contributed by atoms with Gasteiger partial charge < -0.3 is 4.74 Å². The van der Waals surface area contributed by atoms with Crippen LogP contribution in [0.4, 0.5) is 0 Å². The largest absolute Gasteiger partial charge is 0.359 e. The number of benzene rings is 1. The number of nitrogens with zero attached hydrogens (tertiary/aromatic N) is 1. The van der Waals surface area contributed by atoms with Crippen LogP contribution in [0, 0.1) is 11.3 Å². The van der Waals surface area contributed by atoms with Crippen molar-refractivity contribution in [2.45, 2.75) is 25.9 Å². The first-order chi connectivity index (χ1) is 6.88. The number of ether oxygens (including phenoxy) is 1. The van der Waals surface area contributed by atoms with E-state index in [2.05, 4.69) is 13.0 Å². The van der Waals surface area contributed by atoms with Crippen molar-refractivity contribution in [1.82, 2.24) is 0 Å². The molecule has 0 bridgehead atoms. The summed E-state index contributed by atoms with van der Waals surface area (Å²) in [5, 5.41) is 8.90. The van der Waals surface area contributed by atoms with Gasteiger partial charge in [0.05, 0.1) is 6.07 Å². The third kappa shape index (κ3) is 3.20. The summed E-state index contributed by atoms with van der Waals surface area (Å²) in [5.74, 6) is 0. The van der Waals surface area contributed by atoms with Crippen molar-refractivity contribution < 1.29 is 4.74 Å². The van der Waals surface area contributed by atoms with Gasteiger partial charge in [-0.3, -0.25) is 0 Å². The third-order valence-corrected chi connectivity index (χ3v) is 2.00. The Balaban J connectivity index is 2.52. The molecule has 2 nitrogen and oxygen atoms in total. The first kappa shape index (κ1) is 10.7. The Morgan fingerprint density at radius 3 is 2.64 bits per heavy atom. The number of unbranched alkanes of at least 4 members (excludes halogenated alkanes) is 1. The molecule has 0 aliphatic rings. The van der Waals surface area contributed by atoms with Gasteiger partial charge in [-0.1, -0.05) is 43.7 Å². The van der Waals surface area contributed by atoms with E-state index in [1.165, 1.54) is 0 Å². The van der Waals surface area contributed by atoms with Gasteiger partial charge in [-0.2, -0.15) is 5.26 Å². The molecule has 0 fully saturated rings. The van der Waals surface area contributed by atoms with Crippen LogP contribution in [0.15, 0.2) is 30.3 Å². The van der Waals surface area contributed by atoms with Gasteiger partial charge in [0, 0.05) is 6.61 Å². The van der Waals surface area contributed by atoms with Crippen LogP contribution in [0.2, 0.25) is 0 Å². The Bertz CT molecular complexity index is 289. The molecule has 1 atom stereocenters. The molecule has 0 spiro atoms. The molecule has 2 heteroatoms. The number of hydrogen-bond acceptors (Lipinski definition) is 2. The van der Waals surface area contributed by atoms with Crippen LogP contribution < -0.4 is 0 Å². The second kappa shape index (κ2) is 6.17. The molecule has 14 heavy (non-hydrogen) atoms. The highest BCUT2D eigenvalue weighted by Crippen LogP contribution is 2.15. The molecule has 0 saturated carbocycles. The van der Waals surface area contributed by atoms with Gasteiger partial charge in [-0.15, -0.1) is 0 Å². The number of rotatable bonds is 5. The fourth-order valence-electron chi connectivity index (χ4n) is 1.18. The summed E-state index contributed by atoms with van der Waals surface area (Å²) >= 11 is 0. The summed E-state index contributed by atoms with van der Waals surface area (Å²) in [4.78, 5) is 0. The lowest BCUT2D eigenvalue weighted by atomic mass is 10.1. The highest BCUT2D eigenvalue weighted by Gasteiger charge is 2.08. The molecule has 74 valence electrons. The maximum absolute atomic E-state index is 8.90. The second-order valence-corrected chi connectivity index (χ2v) is 3.14. The summed E-state index contributed by atoms with van der Waals surface area (Å²) in [6.07, 6.45) is 1.68. The van der Waals surface area contributed by atoms with Crippen LogP contribution >= 0.6 is 0 Å². The van der Waals surface area contributed by atoms with Crippen LogP contribution in [0.5, 0.6) is 0 Å². The lowest BCUT2D eigenvalue weighted by Crippen LogP contribution is -2.02. The van der Waals surface area contributed by atoms with E-state index >= 15 is 0 Å². The Morgan fingerprint density at radius 1 is 1.36 bits per heavy atom. The molecule has 0 unspecified atom stereocenters. The van der Waals surface area contributed by atoms with Crippen LogP contribution in [0.3, 0.4) is 0 Å². The minimum Gasteiger partial charge on any atom is -0.359 e. The predicted molar refractivity (Wildman–Crippen MR) is 55.7 cm³/mol. The van der Waals surface area contributed by atoms with Gasteiger partial charge in [-0.05, 0) is 12.0 Å². The molecular weight excluding hydrogens is 174 g/mol. The standard InChI is InChI=1S/C12H15NO/c1-2-3-9-14-12(10-13)11-7-5-4-6-8-11/h4-8,12H,2-3,9H2,1H3/t12-/m0/s1. The van der Waals surface area contributed by atoms with Crippen molar-refractivity contribution in [3.05, 3.63) is 35.9 Å². The highest BCUT2D eigenvalue weighted by atomic mass is 16.5. The van der Waals surface area contributed by atoms with Gasteiger partial charge in [0.1, 0.15) is 0 Å². The van der Waals surface area contributed by atoms with E-state index in [0.29, 0.717) is 6.61 Å². The van der Waals surface area contributed by atoms with E-state index in [9.17, 15) is 0 Å². The fraction of sp³-hybridized carbons (Fsp3) is 0.417. The zero-order chi connectivity index (χ0) is 10.2. The highest BCUT2D eigenvalue weighted by molar-refractivity contribution is 5.21. The molecule has 0 aliphatic heterocycles. The molecule has 0 aliphatic carbocycles. The Labute approximate surface area is 85.1 Å². The van der Waals surface area contributed by atoms with Gasteiger partial charge in [-0.25, -0.2) is 0 Å². The number of hydrogen-bond donors (Lipinski definition) is 0. The minimum atomic E-state index is -0.414. The molecule has 1 aromatic rings. The van der Waals surface area contributed by atoms with E-state index in [1.54, 1.807) is 0 Å². The van der Waals surface area contributed by atoms with Gasteiger partial charge in [0.2, 0.25) is 0 Å². The summed E-state index contributed by atoms with van der Waals surface area (Å²) < 4.78 is 5.46. The quantitative estimate of drug-likeness (QED) is 0.667. The molecule has 0 amide bonds. The second-order valence-electron chi connectivity index (χ2n) is 3.14. The molecule has 0 saturated heterocycles. The molecular formula is C12H15NO. The lowest BCUT2D eigenvalue weighted by Gasteiger charge is -2.09. The summed E-state index contributed by atoms with van der Waals surface area (Å²) in [5.41, 5.74) is 0.936. The van der Waals surface area contributed by atoms with E-state index < -0.39 is 6.10 Å². The molecule has 1 rings (SSSR count). The third-order valence-electron chi connectivity index (χ3n) is 2.00. The van der Waals surface area contributed by atoms with Crippen LogP contribution in [0.1, 0.15) is 31.4 Å². The van der Waals surface area contributed by atoms with Gasteiger partial charge in [0.15, 0.2) is 6.10 Å². The smallest absolute Gasteiger partial charge is 0.169 e. The van der Waals surface area contributed by atoms with Crippen molar-refractivity contribution in [3.8, 4) is 6.07 Å². The SMILES string of the molecule is CCCCO[C@@H](C#N)c1ccccc1. The normalized spacial score (nSPS) is 12.0. The summed E-state index contributed by atoms with van der Waals surface area (Å²) in [6.45, 7) is 2.76. The van der Waals surface area contributed by atoms with Crippen molar-refractivity contribution in [2.24, 2.45) is 0 Å². The first-order valence-corrected chi connectivity index (χ1v) is 4.94. The molecule has 1 aromatic carbocycles. The topological polar surface area (TPSA) is 33.0 Å². The van der Waals surface area contributed by atoms with Gasteiger partial charge >= 0.3 is 0 Å². The van der Waals surface area contributed by atoms with E-state index in [-0.39, 0.29) is 0 Å². The summed E-state index contributed by atoms with van der Waals surface area (Å²) in [6, 6.07) is 11.8. The Kier molecular flexibility index (Phi) is 4.74. The Hall–Kier alpha value is -1.33. The molecule has 0 aromatic heterocycles. The maximum atomic E-state index is 8.90. The first-order valence-electron chi connectivity index (χ1n) is 4.94. The molecule has 0 radical (unpaired) electrons. The van der Waals surface area contributed by atoms with E-state index in [0.717, 1.165) is 18.4 Å². The average molecular weight is 189 g/mol. The van der Waals surface area contributed by atoms with Crippen LogP contribution in [0.25, 0.3) is 0 Å². The predicted octanol–water partition coefficient (Wildman–Crippen LogP) is 3.07. The van der Waals surface area contributed by atoms with Crippen molar-refractivity contribution in [1.29, 1.82) is 5.26 Å². The Morgan fingerprint density at radius 2 is 2.07 bits per heavy atom. The maximum Gasteiger partial charge on any atom is 0.169 e. The van der Waals surface area contributed by atoms with Crippen LogP contribution in [-0.2, 0) is 4.74 Å². The monoisotopic (exact) mass is 189 g/mol. The van der Waals surface area contributed by atoms with Crippen molar-refractivity contribution in [3.63, 3.8) is 0 Å².